The number of carbonyl (C=O) groups is 1. The fourth-order valence-electron chi connectivity index (χ4n) is 1.71. The van der Waals surface area contributed by atoms with E-state index < -0.39 is 4.92 Å². The minimum absolute atomic E-state index is 0.0191. The van der Waals surface area contributed by atoms with Crippen LogP contribution in [0, 0.1) is 17.0 Å². The molecule has 0 saturated heterocycles. The lowest BCUT2D eigenvalue weighted by atomic mass is 10.1. The van der Waals surface area contributed by atoms with Gasteiger partial charge in [-0.15, -0.1) is 0 Å². The third-order valence-corrected chi connectivity index (χ3v) is 2.67. The molecule has 0 aliphatic heterocycles. The molecule has 6 heteroatoms. The van der Waals surface area contributed by atoms with Gasteiger partial charge in [0, 0.05) is 23.9 Å². The first-order valence-corrected chi connectivity index (χ1v) is 5.58. The molecular formula is C13H11N3O3. The van der Waals surface area contributed by atoms with Crippen LogP contribution in [-0.2, 0) is 0 Å². The Labute approximate surface area is 109 Å². The lowest BCUT2D eigenvalue weighted by Gasteiger charge is -2.04. The zero-order valence-electron chi connectivity index (χ0n) is 10.5. The number of rotatable bonds is 3. The topological polar surface area (TPSA) is 86.0 Å². The van der Waals surface area contributed by atoms with Crippen LogP contribution in [0.4, 0.5) is 5.69 Å². The van der Waals surface area contributed by atoms with E-state index in [0.29, 0.717) is 22.6 Å². The molecule has 0 fully saturated rings. The number of benzene rings is 1. The van der Waals surface area contributed by atoms with E-state index in [9.17, 15) is 14.9 Å². The highest BCUT2D eigenvalue weighted by molar-refractivity contribution is 5.94. The Kier molecular flexibility index (Phi) is 3.33. The maximum absolute atomic E-state index is 11.3. The molecule has 1 aromatic carbocycles. The zero-order valence-corrected chi connectivity index (χ0v) is 10.5. The van der Waals surface area contributed by atoms with Crippen LogP contribution in [0.5, 0.6) is 0 Å². The number of Topliss-reactive ketones (excluding diaryl/α,β-unsaturated/α-hetero) is 1. The second-order valence-electron chi connectivity index (χ2n) is 4.06. The summed E-state index contributed by atoms with van der Waals surface area (Å²) >= 11 is 0. The molecular weight excluding hydrogens is 246 g/mol. The largest absolute Gasteiger partial charge is 0.294 e. The molecule has 0 aliphatic carbocycles. The number of hydrogen-bond donors (Lipinski definition) is 0. The molecule has 6 nitrogen and oxygen atoms in total. The van der Waals surface area contributed by atoms with Crippen molar-refractivity contribution in [1.82, 2.24) is 9.97 Å². The summed E-state index contributed by atoms with van der Waals surface area (Å²) in [5.41, 5.74) is 1.54. The SMILES string of the molecule is CC(=O)c1cnc(-c2cccc([N+](=O)[O-])c2)nc1C. The van der Waals surface area contributed by atoms with E-state index in [1.807, 2.05) is 0 Å². The number of aryl methyl sites for hydroxylation is 1. The number of carbonyl (C=O) groups excluding carboxylic acids is 1. The van der Waals surface area contributed by atoms with E-state index in [0.717, 1.165) is 0 Å². The number of nitrogens with zero attached hydrogens (tertiary/aromatic N) is 3. The minimum Gasteiger partial charge on any atom is -0.294 e. The summed E-state index contributed by atoms with van der Waals surface area (Å²) in [6.07, 6.45) is 1.44. The summed E-state index contributed by atoms with van der Waals surface area (Å²) in [5, 5.41) is 10.7. The van der Waals surface area contributed by atoms with Crippen LogP contribution in [0.25, 0.3) is 11.4 Å². The van der Waals surface area contributed by atoms with Crippen LogP contribution in [-0.4, -0.2) is 20.7 Å². The number of ketones is 1. The van der Waals surface area contributed by atoms with Crippen molar-refractivity contribution < 1.29 is 9.72 Å². The van der Waals surface area contributed by atoms with Crippen LogP contribution in [0.1, 0.15) is 23.0 Å². The Morgan fingerprint density at radius 3 is 2.68 bits per heavy atom. The Morgan fingerprint density at radius 1 is 1.37 bits per heavy atom. The lowest BCUT2D eigenvalue weighted by molar-refractivity contribution is -0.384. The van der Waals surface area contributed by atoms with Crippen molar-refractivity contribution in [2.24, 2.45) is 0 Å². The molecule has 1 heterocycles. The molecule has 2 aromatic rings. The Balaban J connectivity index is 2.48. The van der Waals surface area contributed by atoms with E-state index in [2.05, 4.69) is 9.97 Å². The molecule has 0 N–H and O–H groups in total. The van der Waals surface area contributed by atoms with Gasteiger partial charge < -0.3 is 0 Å². The third-order valence-electron chi connectivity index (χ3n) is 2.67. The summed E-state index contributed by atoms with van der Waals surface area (Å²) in [7, 11) is 0. The van der Waals surface area contributed by atoms with E-state index >= 15 is 0 Å². The number of hydrogen-bond acceptors (Lipinski definition) is 5. The summed E-state index contributed by atoms with van der Waals surface area (Å²) in [4.78, 5) is 29.8. The van der Waals surface area contributed by atoms with Crippen molar-refractivity contribution in [2.45, 2.75) is 13.8 Å². The molecule has 0 spiro atoms. The van der Waals surface area contributed by atoms with Gasteiger partial charge in [-0.3, -0.25) is 14.9 Å². The zero-order chi connectivity index (χ0) is 14.0. The fraction of sp³-hybridized carbons (Fsp3) is 0.154. The number of non-ortho nitro benzene ring substituents is 1. The standard InChI is InChI=1S/C13H11N3O3/c1-8-12(9(2)17)7-14-13(15-8)10-4-3-5-11(6-10)16(18)19/h3-7H,1-2H3. The van der Waals surface area contributed by atoms with Gasteiger partial charge in [-0.1, -0.05) is 12.1 Å². The quantitative estimate of drug-likeness (QED) is 0.479. The molecule has 0 atom stereocenters. The van der Waals surface area contributed by atoms with Gasteiger partial charge in [0.15, 0.2) is 11.6 Å². The van der Waals surface area contributed by atoms with Crippen LogP contribution < -0.4 is 0 Å². The van der Waals surface area contributed by atoms with Crippen LogP contribution in [0.2, 0.25) is 0 Å². The first kappa shape index (κ1) is 12.8. The maximum Gasteiger partial charge on any atom is 0.270 e. The highest BCUT2D eigenvalue weighted by Gasteiger charge is 2.11. The molecule has 0 radical (unpaired) electrons. The Morgan fingerprint density at radius 2 is 2.11 bits per heavy atom. The van der Waals surface area contributed by atoms with Crippen LogP contribution >= 0.6 is 0 Å². The third kappa shape index (κ3) is 2.62. The van der Waals surface area contributed by atoms with Gasteiger partial charge in [0.05, 0.1) is 16.2 Å². The van der Waals surface area contributed by atoms with E-state index in [1.54, 1.807) is 19.1 Å². The lowest BCUT2D eigenvalue weighted by Crippen LogP contribution is -2.02. The average molecular weight is 257 g/mol. The van der Waals surface area contributed by atoms with E-state index in [4.69, 9.17) is 0 Å². The van der Waals surface area contributed by atoms with Crippen molar-refractivity contribution in [3.05, 3.63) is 51.8 Å². The predicted octanol–water partition coefficient (Wildman–Crippen LogP) is 2.56. The van der Waals surface area contributed by atoms with Crippen molar-refractivity contribution in [1.29, 1.82) is 0 Å². The predicted molar refractivity (Wildman–Crippen MR) is 68.9 cm³/mol. The van der Waals surface area contributed by atoms with Crippen molar-refractivity contribution in [3.8, 4) is 11.4 Å². The average Bonchev–Trinajstić information content (AvgIpc) is 2.38. The normalized spacial score (nSPS) is 10.2. The number of nitro benzene ring substituents is 1. The molecule has 96 valence electrons. The van der Waals surface area contributed by atoms with Crippen molar-refractivity contribution in [2.75, 3.05) is 0 Å². The van der Waals surface area contributed by atoms with E-state index in [-0.39, 0.29) is 11.5 Å². The number of aromatic nitrogens is 2. The smallest absolute Gasteiger partial charge is 0.270 e. The van der Waals surface area contributed by atoms with Gasteiger partial charge >= 0.3 is 0 Å². The van der Waals surface area contributed by atoms with Gasteiger partial charge in [-0.05, 0) is 13.8 Å². The van der Waals surface area contributed by atoms with Gasteiger partial charge in [0.1, 0.15) is 0 Å². The monoisotopic (exact) mass is 257 g/mol. The summed E-state index contributed by atoms with van der Waals surface area (Å²) in [6.45, 7) is 3.15. The molecule has 0 amide bonds. The summed E-state index contributed by atoms with van der Waals surface area (Å²) in [6, 6.07) is 6.07. The highest BCUT2D eigenvalue weighted by atomic mass is 16.6. The molecule has 1 aromatic heterocycles. The Bertz CT molecular complexity index is 668. The fourth-order valence-corrected chi connectivity index (χ4v) is 1.71. The van der Waals surface area contributed by atoms with E-state index in [1.165, 1.54) is 25.3 Å². The van der Waals surface area contributed by atoms with Gasteiger partial charge in [0.2, 0.25) is 0 Å². The van der Waals surface area contributed by atoms with Gasteiger partial charge in [0.25, 0.3) is 5.69 Å². The molecule has 19 heavy (non-hydrogen) atoms. The van der Waals surface area contributed by atoms with Crippen LogP contribution in [0.15, 0.2) is 30.5 Å². The second-order valence-corrected chi connectivity index (χ2v) is 4.06. The first-order chi connectivity index (χ1) is 8.99. The molecule has 0 saturated carbocycles. The Hall–Kier alpha value is -2.63. The molecule has 0 aliphatic rings. The van der Waals surface area contributed by atoms with Gasteiger partial charge in [-0.2, -0.15) is 0 Å². The van der Waals surface area contributed by atoms with Crippen molar-refractivity contribution in [3.63, 3.8) is 0 Å². The maximum atomic E-state index is 11.3. The molecule has 0 bridgehead atoms. The number of nitro groups is 1. The summed E-state index contributed by atoms with van der Waals surface area (Å²) < 4.78 is 0. The van der Waals surface area contributed by atoms with Crippen LogP contribution in [0.3, 0.4) is 0 Å². The first-order valence-electron chi connectivity index (χ1n) is 5.58. The molecule has 0 unspecified atom stereocenters. The minimum atomic E-state index is -0.472. The second kappa shape index (κ2) is 4.93. The highest BCUT2D eigenvalue weighted by Crippen LogP contribution is 2.21. The van der Waals surface area contributed by atoms with Crippen molar-refractivity contribution >= 4 is 11.5 Å². The summed E-state index contributed by atoms with van der Waals surface area (Å²) in [5.74, 6) is 0.259. The van der Waals surface area contributed by atoms with Gasteiger partial charge in [-0.25, -0.2) is 9.97 Å². The molecule has 2 rings (SSSR count).